The van der Waals surface area contributed by atoms with E-state index in [0.717, 1.165) is 5.56 Å². The van der Waals surface area contributed by atoms with Crippen molar-refractivity contribution >= 4 is 6.08 Å². The molecular weight excluding hydrogens is 212 g/mol. The highest BCUT2D eigenvalue weighted by atomic mass is 16.7. The van der Waals surface area contributed by atoms with Crippen LogP contribution < -0.4 is 0 Å². The molecule has 0 N–H and O–H groups in total. The SMILES string of the molecule is CC(C)OC(C=Cc1ccccc1)OC(C)C. The second-order valence-corrected chi connectivity index (χ2v) is 4.51. The van der Waals surface area contributed by atoms with E-state index in [1.807, 2.05) is 58.0 Å². The first kappa shape index (κ1) is 13.9. The fourth-order valence-electron chi connectivity index (χ4n) is 1.41. The van der Waals surface area contributed by atoms with E-state index in [-0.39, 0.29) is 18.5 Å². The van der Waals surface area contributed by atoms with Crippen LogP contribution in [0.2, 0.25) is 0 Å². The molecule has 1 aromatic carbocycles. The highest BCUT2D eigenvalue weighted by Gasteiger charge is 2.09. The number of hydrogen-bond donors (Lipinski definition) is 0. The number of ether oxygens (including phenoxy) is 2. The third kappa shape index (κ3) is 6.25. The normalized spacial score (nSPS) is 12.2. The molecule has 0 amide bonds. The fourth-order valence-corrected chi connectivity index (χ4v) is 1.41. The first-order chi connectivity index (χ1) is 8.08. The van der Waals surface area contributed by atoms with Crippen LogP contribution in [0.1, 0.15) is 33.3 Å². The van der Waals surface area contributed by atoms with E-state index in [1.165, 1.54) is 0 Å². The Morgan fingerprint density at radius 2 is 1.41 bits per heavy atom. The lowest BCUT2D eigenvalue weighted by Gasteiger charge is -2.20. The molecule has 0 atom stereocenters. The van der Waals surface area contributed by atoms with Gasteiger partial charge in [-0.2, -0.15) is 0 Å². The summed E-state index contributed by atoms with van der Waals surface area (Å²) < 4.78 is 11.3. The molecular formula is C15H22O2. The van der Waals surface area contributed by atoms with Gasteiger partial charge in [0.15, 0.2) is 6.29 Å². The summed E-state index contributed by atoms with van der Waals surface area (Å²) in [6.07, 6.45) is 4.00. The average Bonchev–Trinajstić information content (AvgIpc) is 2.26. The van der Waals surface area contributed by atoms with E-state index >= 15 is 0 Å². The molecule has 0 heterocycles. The zero-order valence-electron chi connectivity index (χ0n) is 11.1. The van der Waals surface area contributed by atoms with Crippen LogP contribution in [-0.4, -0.2) is 18.5 Å². The van der Waals surface area contributed by atoms with Gasteiger partial charge < -0.3 is 9.47 Å². The van der Waals surface area contributed by atoms with Crippen LogP contribution >= 0.6 is 0 Å². The highest BCUT2D eigenvalue weighted by molar-refractivity contribution is 5.48. The van der Waals surface area contributed by atoms with E-state index in [2.05, 4.69) is 12.1 Å². The van der Waals surface area contributed by atoms with Gasteiger partial charge in [0.2, 0.25) is 0 Å². The lowest BCUT2D eigenvalue weighted by Crippen LogP contribution is -2.22. The molecule has 17 heavy (non-hydrogen) atoms. The molecule has 0 bridgehead atoms. The maximum atomic E-state index is 5.67. The molecule has 0 aliphatic heterocycles. The first-order valence-corrected chi connectivity index (χ1v) is 6.12. The zero-order chi connectivity index (χ0) is 12.7. The maximum Gasteiger partial charge on any atom is 0.177 e. The monoisotopic (exact) mass is 234 g/mol. The van der Waals surface area contributed by atoms with Gasteiger partial charge in [-0.3, -0.25) is 0 Å². The molecule has 0 saturated carbocycles. The van der Waals surface area contributed by atoms with Crippen LogP contribution in [0.15, 0.2) is 36.4 Å². The fraction of sp³-hybridized carbons (Fsp3) is 0.467. The molecule has 0 unspecified atom stereocenters. The third-order valence-corrected chi connectivity index (χ3v) is 2.06. The van der Waals surface area contributed by atoms with Gasteiger partial charge in [0.05, 0.1) is 12.2 Å². The summed E-state index contributed by atoms with van der Waals surface area (Å²) in [6.45, 7) is 8.03. The van der Waals surface area contributed by atoms with Crippen molar-refractivity contribution in [1.29, 1.82) is 0 Å². The van der Waals surface area contributed by atoms with E-state index in [9.17, 15) is 0 Å². The summed E-state index contributed by atoms with van der Waals surface area (Å²) in [6, 6.07) is 10.1. The predicted octanol–water partition coefficient (Wildman–Crippen LogP) is 3.88. The van der Waals surface area contributed by atoms with Crippen molar-refractivity contribution < 1.29 is 9.47 Å². The standard InChI is InChI=1S/C15H22O2/c1-12(2)16-15(17-13(3)4)11-10-14-8-6-5-7-9-14/h5-13,15H,1-4H3. The number of rotatable bonds is 6. The van der Waals surface area contributed by atoms with Crippen molar-refractivity contribution in [3.63, 3.8) is 0 Å². The van der Waals surface area contributed by atoms with Crippen LogP contribution in [0.5, 0.6) is 0 Å². The maximum absolute atomic E-state index is 5.67. The predicted molar refractivity (Wildman–Crippen MR) is 71.7 cm³/mol. The summed E-state index contributed by atoms with van der Waals surface area (Å²) in [5.74, 6) is 0. The second kappa shape index (κ2) is 7.25. The third-order valence-electron chi connectivity index (χ3n) is 2.06. The topological polar surface area (TPSA) is 18.5 Å². The molecule has 0 saturated heterocycles. The summed E-state index contributed by atoms with van der Waals surface area (Å²) >= 11 is 0. The highest BCUT2D eigenvalue weighted by Crippen LogP contribution is 2.09. The minimum absolute atomic E-state index is 0.152. The van der Waals surface area contributed by atoms with Gasteiger partial charge in [-0.05, 0) is 39.3 Å². The van der Waals surface area contributed by atoms with Gasteiger partial charge in [0, 0.05) is 0 Å². The van der Waals surface area contributed by atoms with Crippen LogP contribution in [0, 0.1) is 0 Å². The van der Waals surface area contributed by atoms with Crippen molar-refractivity contribution in [3.8, 4) is 0 Å². The molecule has 2 nitrogen and oxygen atoms in total. The Hall–Kier alpha value is -1.12. The zero-order valence-corrected chi connectivity index (χ0v) is 11.1. The average molecular weight is 234 g/mol. The van der Waals surface area contributed by atoms with Crippen LogP contribution in [0.3, 0.4) is 0 Å². The Morgan fingerprint density at radius 1 is 0.882 bits per heavy atom. The first-order valence-electron chi connectivity index (χ1n) is 6.12. The van der Waals surface area contributed by atoms with Crippen molar-refractivity contribution in [2.75, 3.05) is 0 Å². The van der Waals surface area contributed by atoms with E-state index in [1.54, 1.807) is 0 Å². The van der Waals surface area contributed by atoms with Gasteiger partial charge in [0.1, 0.15) is 0 Å². The molecule has 0 aliphatic carbocycles. The van der Waals surface area contributed by atoms with E-state index in [0.29, 0.717) is 0 Å². The van der Waals surface area contributed by atoms with Gasteiger partial charge in [0.25, 0.3) is 0 Å². The van der Waals surface area contributed by atoms with Gasteiger partial charge in [-0.1, -0.05) is 36.4 Å². The molecule has 1 aromatic rings. The lowest BCUT2D eigenvalue weighted by molar-refractivity contribution is -0.152. The van der Waals surface area contributed by atoms with Gasteiger partial charge >= 0.3 is 0 Å². The van der Waals surface area contributed by atoms with Crippen molar-refractivity contribution in [3.05, 3.63) is 42.0 Å². The van der Waals surface area contributed by atoms with Crippen LogP contribution in [0.25, 0.3) is 6.08 Å². The second-order valence-electron chi connectivity index (χ2n) is 4.51. The molecule has 2 heteroatoms. The smallest absolute Gasteiger partial charge is 0.177 e. The molecule has 0 fully saturated rings. The van der Waals surface area contributed by atoms with E-state index < -0.39 is 0 Å². The Balaban J connectivity index is 2.61. The molecule has 0 radical (unpaired) electrons. The Kier molecular flexibility index (Phi) is 5.95. The lowest BCUT2D eigenvalue weighted by atomic mass is 10.2. The Morgan fingerprint density at radius 3 is 1.88 bits per heavy atom. The van der Waals surface area contributed by atoms with Gasteiger partial charge in [-0.25, -0.2) is 0 Å². The largest absolute Gasteiger partial charge is 0.346 e. The van der Waals surface area contributed by atoms with Crippen LogP contribution in [0.4, 0.5) is 0 Å². The summed E-state index contributed by atoms with van der Waals surface area (Å²) in [5, 5.41) is 0. The summed E-state index contributed by atoms with van der Waals surface area (Å²) in [7, 11) is 0. The number of hydrogen-bond acceptors (Lipinski definition) is 2. The Bertz CT molecular complexity index is 318. The Labute approximate surface area is 104 Å². The summed E-state index contributed by atoms with van der Waals surface area (Å²) in [4.78, 5) is 0. The summed E-state index contributed by atoms with van der Waals surface area (Å²) in [5.41, 5.74) is 1.15. The van der Waals surface area contributed by atoms with Crippen molar-refractivity contribution in [2.45, 2.75) is 46.2 Å². The number of benzene rings is 1. The minimum Gasteiger partial charge on any atom is -0.346 e. The van der Waals surface area contributed by atoms with Crippen molar-refractivity contribution in [1.82, 2.24) is 0 Å². The molecule has 1 rings (SSSR count). The molecule has 0 aliphatic rings. The van der Waals surface area contributed by atoms with Crippen molar-refractivity contribution in [2.24, 2.45) is 0 Å². The van der Waals surface area contributed by atoms with Gasteiger partial charge in [-0.15, -0.1) is 0 Å². The molecule has 0 aromatic heterocycles. The van der Waals surface area contributed by atoms with Crippen LogP contribution in [-0.2, 0) is 9.47 Å². The minimum atomic E-state index is -0.282. The molecule has 94 valence electrons. The quantitative estimate of drug-likeness (QED) is 0.695. The van der Waals surface area contributed by atoms with E-state index in [4.69, 9.17) is 9.47 Å². The molecule has 0 spiro atoms.